The van der Waals surface area contributed by atoms with Gasteiger partial charge in [0.2, 0.25) is 0 Å². The molecule has 0 heterocycles. The highest BCUT2D eigenvalue weighted by Gasteiger charge is 2.09. The molecule has 0 unspecified atom stereocenters. The van der Waals surface area contributed by atoms with Crippen molar-refractivity contribution in [1.29, 1.82) is 0 Å². The van der Waals surface area contributed by atoms with Crippen molar-refractivity contribution in [3.8, 4) is 11.5 Å². The number of rotatable bonds is 3. The van der Waals surface area contributed by atoms with Gasteiger partial charge < -0.3 is 15.2 Å². The third kappa shape index (κ3) is 2.67. The molecule has 0 aliphatic heterocycles. The summed E-state index contributed by atoms with van der Waals surface area (Å²) in [5.41, 5.74) is 6.40. The normalized spacial score (nSPS) is 9.14. The standard InChI is InChI=1S/C9H12ClNO2.ClH/c1-12-8-4-6(5-11)3-7(10)9(8)13-2;/h3-4H,5,11H2,1-2H3;1H. The van der Waals surface area contributed by atoms with Gasteiger partial charge in [-0.25, -0.2) is 0 Å². The van der Waals surface area contributed by atoms with Crippen LogP contribution >= 0.6 is 24.0 Å². The van der Waals surface area contributed by atoms with Gasteiger partial charge in [-0.15, -0.1) is 12.4 Å². The van der Waals surface area contributed by atoms with Crippen molar-refractivity contribution in [2.75, 3.05) is 14.2 Å². The summed E-state index contributed by atoms with van der Waals surface area (Å²) in [6.45, 7) is 0.431. The van der Waals surface area contributed by atoms with Crippen LogP contribution in [0.5, 0.6) is 11.5 Å². The SMILES string of the molecule is COc1cc(CN)cc(Cl)c1OC.Cl. The second kappa shape index (κ2) is 5.96. The van der Waals surface area contributed by atoms with Crippen LogP contribution < -0.4 is 15.2 Å². The highest BCUT2D eigenvalue weighted by molar-refractivity contribution is 6.32. The van der Waals surface area contributed by atoms with Crippen molar-refractivity contribution < 1.29 is 9.47 Å². The van der Waals surface area contributed by atoms with Crippen LogP contribution in [-0.4, -0.2) is 14.2 Å². The maximum absolute atomic E-state index is 5.93. The molecule has 14 heavy (non-hydrogen) atoms. The summed E-state index contributed by atoms with van der Waals surface area (Å²) in [6, 6.07) is 3.58. The van der Waals surface area contributed by atoms with Crippen LogP contribution in [0.1, 0.15) is 5.56 Å². The van der Waals surface area contributed by atoms with E-state index < -0.39 is 0 Å². The topological polar surface area (TPSA) is 44.5 Å². The molecule has 0 aliphatic rings. The van der Waals surface area contributed by atoms with Crippen LogP contribution in [0.2, 0.25) is 5.02 Å². The molecule has 80 valence electrons. The van der Waals surface area contributed by atoms with E-state index in [1.165, 1.54) is 0 Å². The summed E-state index contributed by atoms with van der Waals surface area (Å²) >= 11 is 5.93. The lowest BCUT2D eigenvalue weighted by atomic mass is 10.2. The molecule has 0 fully saturated rings. The van der Waals surface area contributed by atoms with E-state index in [-0.39, 0.29) is 12.4 Å². The first-order valence-electron chi connectivity index (χ1n) is 3.83. The van der Waals surface area contributed by atoms with E-state index in [2.05, 4.69) is 0 Å². The van der Waals surface area contributed by atoms with Gasteiger partial charge in [-0.05, 0) is 17.7 Å². The zero-order chi connectivity index (χ0) is 9.84. The third-order valence-corrected chi connectivity index (χ3v) is 2.01. The maximum Gasteiger partial charge on any atom is 0.179 e. The van der Waals surface area contributed by atoms with Gasteiger partial charge in [0.15, 0.2) is 11.5 Å². The van der Waals surface area contributed by atoms with Gasteiger partial charge in [0, 0.05) is 6.54 Å². The number of hydrogen-bond donors (Lipinski definition) is 1. The summed E-state index contributed by atoms with van der Waals surface area (Å²) in [5.74, 6) is 1.15. The monoisotopic (exact) mass is 237 g/mol. The van der Waals surface area contributed by atoms with Gasteiger partial charge >= 0.3 is 0 Å². The van der Waals surface area contributed by atoms with Crippen molar-refractivity contribution in [2.45, 2.75) is 6.54 Å². The molecule has 0 aromatic heterocycles. The Labute approximate surface area is 94.5 Å². The zero-order valence-electron chi connectivity index (χ0n) is 8.04. The van der Waals surface area contributed by atoms with E-state index >= 15 is 0 Å². The number of benzene rings is 1. The molecule has 1 aromatic carbocycles. The fraction of sp³-hybridized carbons (Fsp3) is 0.333. The minimum atomic E-state index is 0. The predicted molar refractivity (Wildman–Crippen MR) is 59.7 cm³/mol. The average Bonchev–Trinajstić information content (AvgIpc) is 2.16. The van der Waals surface area contributed by atoms with Gasteiger partial charge in [0.1, 0.15) is 0 Å². The molecule has 0 bridgehead atoms. The Morgan fingerprint density at radius 2 is 1.93 bits per heavy atom. The van der Waals surface area contributed by atoms with Crippen LogP contribution in [-0.2, 0) is 6.54 Å². The van der Waals surface area contributed by atoms with Gasteiger partial charge in [0.05, 0.1) is 19.2 Å². The van der Waals surface area contributed by atoms with Crippen molar-refractivity contribution >= 4 is 24.0 Å². The van der Waals surface area contributed by atoms with Gasteiger partial charge in [-0.1, -0.05) is 11.6 Å². The maximum atomic E-state index is 5.93. The quantitative estimate of drug-likeness (QED) is 0.878. The third-order valence-electron chi connectivity index (χ3n) is 1.73. The molecule has 0 spiro atoms. The molecule has 1 rings (SSSR count). The summed E-state index contributed by atoms with van der Waals surface area (Å²) < 4.78 is 10.2. The second-order valence-electron chi connectivity index (χ2n) is 2.52. The number of hydrogen-bond acceptors (Lipinski definition) is 3. The Morgan fingerprint density at radius 1 is 1.29 bits per heavy atom. The molecular weight excluding hydrogens is 225 g/mol. The van der Waals surface area contributed by atoms with Gasteiger partial charge in [-0.3, -0.25) is 0 Å². The highest BCUT2D eigenvalue weighted by Crippen LogP contribution is 2.35. The van der Waals surface area contributed by atoms with Gasteiger partial charge in [-0.2, -0.15) is 0 Å². The van der Waals surface area contributed by atoms with Gasteiger partial charge in [0.25, 0.3) is 0 Å². The average molecular weight is 238 g/mol. The molecule has 5 heteroatoms. The Morgan fingerprint density at radius 3 is 2.36 bits per heavy atom. The zero-order valence-corrected chi connectivity index (χ0v) is 9.61. The molecule has 0 saturated carbocycles. The fourth-order valence-corrected chi connectivity index (χ4v) is 1.40. The van der Waals surface area contributed by atoms with Crippen LogP contribution in [0.15, 0.2) is 12.1 Å². The van der Waals surface area contributed by atoms with Crippen LogP contribution in [0, 0.1) is 0 Å². The molecule has 0 atom stereocenters. The van der Waals surface area contributed by atoms with E-state index in [1.54, 1.807) is 20.3 Å². The molecular formula is C9H13Cl2NO2. The molecule has 0 radical (unpaired) electrons. The molecule has 0 aliphatic carbocycles. The minimum absolute atomic E-state index is 0. The molecule has 2 N–H and O–H groups in total. The van der Waals surface area contributed by atoms with E-state index in [9.17, 15) is 0 Å². The number of nitrogens with two attached hydrogens (primary N) is 1. The lowest BCUT2D eigenvalue weighted by Crippen LogP contribution is -1.98. The summed E-state index contributed by atoms with van der Waals surface area (Å²) in [7, 11) is 3.11. The van der Waals surface area contributed by atoms with Crippen molar-refractivity contribution in [3.05, 3.63) is 22.7 Å². The Kier molecular flexibility index (Phi) is 5.69. The fourth-order valence-electron chi connectivity index (χ4n) is 1.09. The van der Waals surface area contributed by atoms with Crippen molar-refractivity contribution in [3.63, 3.8) is 0 Å². The smallest absolute Gasteiger partial charge is 0.179 e. The summed E-state index contributed by atoms with van der Waals surface area (Å²) in [4.78, 5) is 0. The molecule has 0 saturated heterocycles. The first-order chi connectivity index (χ1) is 6.22. The molecule has 3 nitrogen and oxygen atoms in total. The Bertz CT molecular complexity index is 305. The van der Waals surface area contributed by atoms with E-state index in [0.717, 1.165) is 5.56 Å². The first kappa shape index (κ1) is 13.4. The largest absolute Gasteiger partial charge is 0.493 e. The first-order valence-corrected chi connectivity index (χ1v) is 4.21. The summed E-state index contributed by atoms with van der Waals surface area (Å²) in [6.07, 6.45) is 0. The predicted octanol–water partition coefficient (Wildman–Crippen LogP) is 2.24. The van der Waals surface area contributed by atoms with Crippen LogP contribution in [0.3, 0.4) is 0 Å². The van der Waals surface area contributed by atoms with E-state index in [0.29, 0.717) is 23.1 Å². The number of ether oxygens (including phenoxy) is 2. The Balaban J connectivity index is 0.00000169. The lowest BCUT2D eigenvalue weighted by Gasteiger charge is -2.10. The van der Waals surface area contributed by atoms with Crippen LogP contribution in [0.4, 0.5) is 0 Å². The van der Waals surface area contributed by atoms with E-state index in [4.69, 9.17) is 26.8 Å². The minimum Gasteiger partial charge on any atom is -0.493 e. The molecule has 1 aromatic rings. The summed E-state index contributed by atoms with van der Waals surface area (Å²) in [5, 5.41) is 0.516. The lowest BCUT2D eigenvalue weighted by molar-refractivity contribution is 0.354. The number of halogens is 2. The second-order valence-corrected chi connectivity index (χ2v) is 2.92. The number of methoxy groups -OCH3 is 2. The van der Waals surface area contributed by atoms with E-state index in [1.807, 2.05) is 6.07 Å². The van der Waals surface area contributed by atoms with Crippen molar-refractivity contribution in [1.82, 2.24) is 0 Å². The Hall–Kier alpha value is -0.640. The van der Waals surface area contributed by atoms with Crippen molar-refractivity contribution in [2.24, 2.45) is 5.73 Å². The van der Waals surface area contributed by atoms with Crippen LogP contribution in [0.25, 0.3) is 0 Å². The molecule has 0 amide bonds. The highest BCUT2D eigenvalue weighted by atomic mass is 35.5.